The molecule has 56 heavy (non-hydrogen) atoms. The normalized spacial score (nSPS) is 11.2. The first kappa shape index (κ1) is 33.2. The summed E-state index contributed by atoms with van der Waals surface area (Å²) in [4.78, 5) is 2.44. The third-order valence-electron chi connectivity index (χ3n) is 10.8. The van der Waals surface area contributed by atoms with E-state index in [1.165, 1.54) is 60.8 Å². The molecule has 0 N–H and O–H groups in total. The van der Waals surface area contributed by atoms with Gasteiger partial charge in [-0.25, -0.2) is 0 Å². The van der Waals surface area contributed by atoms with E-state index in [4.69, 9.17) is 0 Å². The van der Waals surface area contributed by atoms with E-state index >= 15 is 0 Å². The number of hydrogen-bond donors (Lipinski definition) is 0. The lowest BCUT2D eigenvalue weighted by atomic mass is 9.96. The van der Waals surface area contributed by atoms with Crippen molar-refractivity contribution in [3.8, 4) is 50.2 Å². The van der Waals surface area contributed by atoms with Crippen molar-refractivity contribution >= 4 is 38.9 Å². The van der Waals surface area contributed by atoms with Crippen LogP contribution in [0.5, 0.6) is 0 Å². The third-order valence-corrected chi connectivity index (χ3v) is 10.8. The van der Waals surface area contributed by atoms with E-state index in [1.807, 2.05) is 0 Å². The zero-order valence-corrected chi connectivity index (χ0v) is 30.8. The largest absolute Gasteiger partial charge is 0.309 e. The molecule has 0 radical (unpaired) electrons. The molecule has 2 heteroatoms. The second-order valence-corrected chi connectivity index (χ2v) is 14.1. The number of benzene rings is 9. The SMILES string of the molecule is c1ccc(-c2ccc3c(c2)c2c(-c4cccc(N(c5ccccc5-c5ccccc5)c5ccccc5-c5ccccc5)c4)cccc2n3-c2ccccc2)cc1. The van der Waals surface area contributed by atoms with E-state index in [0.29, 0.717) is 0 Å². The molecule has 0 amide bonds. The maximum Gasteiger partial charge on any atom is 0.0547 e. The number of aromatic nitrogens is 1. The van der Waals surface area contributed by atoms with Crippen LogP contribution in [0.2, 0.25) is 0 Å². The number of nitrogens with zero attached hydrogens (tertiary/aromatic N) is 2. The maximum absolute atomic E-state index is 2.44. The molecular weight excluding hydrogens is 677 g/mol. The minimum Gasteiger partial charge on any atom is -0.309 e. The average molecular weight is 715 g/mol. The molecule has 0 saturated heterocycles. The molecule has 1 aromatic heterocycles. The highest BCUT2D eigenvalue weighted by molar-refractivity contribution is 6.16. The highest BCUT2D eigenvalue weighted by Gasteiger charge is 2.22. The highest BCUT2D eigenvalue weighted by atomic mass is 15.1. The molecule has 10 rings (SSSR count). The van der Waals surface area contributed by atoms with Crippen molar-refractivity contribution in [3.05, 3.63) is 231 Å². The fourth-order valence-electron chi connectivity index (χ4n) is 8.26. The zero-order chi connectivity index (χ0) is 37.3. The molecule has 0 atom stereocenters. The van der Waals surface area contributed by atoms with Crippen molar-refractivity contribution in [1.29, 1.82) is 0 Å². The van der Waals surface area contributed by atoms with Crippen molar-refractivity contribution in [2.45, 2.75) is 0 Å². The quantitative estimate of drug-likeness (QED) is 0.152. The topological polar surface area (TPSA) is 8.17 Å². The lowest BCUT2D eigenvalue weighted by Gasteiger charge is -2.30. The minimum absolute atomic E-state index is 1.09. The zero-order valence-electron chi connectivity index (χ0n) is 30.8. The standard InChI is InChI=1S/C54H38N2/c1-5-19-39(20-6-1)42-35-36-52-49(38-42)54-48(31-18-34-53(54)55(52)44-26-11-4-12-27-44)43-25-17-28-45(37-43)56(50-32-15-13-29-46(50)40-21-7-2-8-22-40)51-33-16-14-30-47(51)41-23-9-3-10-24-41/h1-38H. The van der Waals surface area contributed by atoms with Crippen LogP contribution < -0.4 is 4.90 Å². The Kier molecular flexibility index (Phi) is 8.55. The average Bonchev–Trinajstić information content (AvgIpc) is 3.62. The summed E-state index contributed by atoms with van der Waals surface area (Å²) in [6, 6.07) is 83.1. The van der Waals surface area contributed by atoms with Gasteiger partial charge in [0, 0.05) is 33.3 Å². The summed E-state index contributed by atoms with van der Waals surface area (Å²) >= 11 is 0. The van der Waals surface area contributed by atoms with Crippen LogP contribution in [-0.4, -0.2) is 4.57 Å². The Labute approximate surface area is 327 Å². The number of anilines is 3. The number of para-hydroxylation sites is 3. The first-order chi connectivity index (χ1) is 27.8. The molecule has 0 unspecified atom stereocenters. The van der Waals surface area contributed by atoms with Gasteiger partial charge >= 0.3 is 0 Å². The van der Waals surface area contributed by atoms with Gasteiger partial charge in [-0.2, -0.15) is 0 Å². The van der Waals surface area contributed by atoms with Crippen LogP contribution in [0.15, 0.2) is 231 Å². The molecule has 0 spiro atoms. The van der Waals surface area contributed by atoms with Gasteiger partial charge in [0.1, 0.15) is 0 Å². The molecule has 1 heterocycles. The van der Waals surface area contributed by atoms with Crippen molar-refractivity contribution in [3.63, 3.8) is 0 Å². The Hall–Kier alpha value is -7.42. The fraction of sp³-hybridized carbons (Fsp3) is 0. The summed E-state index contributed by atoms with van der Waals surface area (Å²) in [7, 11) is 0. The molecule has 0 aliphatic rings. The van der Waals surface area contributed by atoms with Crippen LogP contribution in [0, 0.1) is 0 Å². The molecule has 0 bridgehead atoms. The Balaban J connectivity index is 1.22. The minimum atomic E-state index is 1.09. The summed E-state index contributed by atoms with van der Waals surface area (Å²) in [5.74, 6) is 0. The van der Waals surface area contributed by atoms with Crippen LogP contribution in [0.25, 0.3) is 72.0 Å². The van der Waals surface area contributed by atoms with Gasteiger partial charge in [-0.15, -0.1) is 0 Å². The summed E-state index contributed by atoms with van der Waals surface area (Å²) in [5, 5.41) is 2.47. The molecular formula is C54H38N2. The maximum atomic E-state index is 2.44. The molecule has 0 aliphatic heterocycles. The van der Waals surface area contributed by atoms with Crippen LogP contribution in [-0.2, 0) is 0 Å². The van der Waals surface area contributed by atoms with Crippen molar-refractivity contribution < 1.29 is 0 Å². The van der Waals surface area contributed by atoms with E-state index in [2.05, 4.69) is 240 Å². The van der Waals surface area contributed by atoms with Gasteiger partial charge in [0.25, 0.3) is 0 Å². The van der Waals surface area contributed by atoms with Gasteiger partial charge in [-0.05, 0) is 88.0 Å². The second kappa shape index (κ2) is 14.4. The van der Waals surface area contributed by atoms with Crippen LogP contribution >= 0.6 is 0 Å². The molecule has 264 valence electrons. The second-order valence-electron chi connectivity index (χ2n) is 14.1. The summed E-state index contributed by atoms with van der Waals surface area (Å²) < 4.78 is 2.41. The highest BCUT2D eigenvalue weighted by Crippen LogP contribution is 2.46. The van der Waals surface area contributed by atoms with Crippen molar-refractivity contribution in [2.24, 2.45) is 0 Å². The van der Waals surface area contributed by atoms with Crippen LogP contribution in [0.1, 0.15) is 0 Å². The smallest absolute Gasteiger partial charge is 0.0547 e. The van der Waals surface area contributed by atoms with E-state index in [9.17, 15) is 0 Å². The van der Waals surface area contributed by atoms with Gasteiger partial charge in [0.05, 0.1) is 22.4 Å². The van der Waals surface area contributed by atoms with Gasteiger partial charge in [-0.3, -0.25) is 0 Å². The van der Waals surface area contributed by atoms with Gasteiger partial charge in [0.15, 0.2) is 0 Å². The number of rotatable bonds is 8. The van der Waals surface area contributed by atoms with Crippen LogP contribution in [0.3, 0.4) is 0 Å². The predicted molar refractivity (Wildman–Crippen MR) is 237 cm³/mol. The molecule has 10 aromatic rings. The Morgan fingerprint density at radius 3 is 1.43 bits per heavy atom. The van der Waals surface area contributed by atoms with E-state index in [-0.39, 0.29) is 0 Å². The monoisotopic (exact) mass is 714 g/mol. The van der Waals surface area contributed by atoms with Crippen LogP contribution in [0.4, 0.5) is 17.1 Å². The lowest BCUT2D eigenvalue weighted by Crippen LogP contribution is -2.12. The van der Waals surface area contributed by atoms with Gasteiger partial charge < -0.3 is 9.47 Å². The first-order valence-electron chi connectivity index (χ1n) is 19.2. The molecule has 9 aromatic carbocycles. The van der Waals surface area contributed by atoms with Crippen molar-refractivity contribution in [2.75, 3.05) is 4.90 Å². The summed E-state index contributed by atoms with van der Waals surface area (Å²) in [5.41, 5.74) is 16.3. The summed E-state index contributed by atoms with van der Waals surface area (Å²) in [6.45, 7) is 0. The fourth-order valence-corrected chi connectivity index (χ4v) is 8.26. The molecule has 0 aliphatic carbocycles. The van der Waals surface area contributed by atoms with Gasteiger partial charge in [-0.1, -0.05) is 176 Å². The van der Waals surface area contributed by atoms with E-state index in [1.54, 1.807) is 0 Å². The number of fused-ring (bicyclic) bond motifs is 3. The molecule has 2 nitrogen and oxygen atoms in total. The predicted octanol–water partition coefficient (Wildman–Crippen LogP) is 14.9. The third kappa shape index (κ3) is 5.95. The molecule has 0 saturated carbocycles. The van der Waals surface area contributed by atoms with E-state index in [0.717, 1.165) is 28.3 Å². The van der Waals surface area contributed by atoms with E-state index < -0.39 is 0 Å². The number of hydrogen-bond acceptors (Lipinski definition) is 1. The Morgan fingerprint density at radius 1 is 0.304 bits per heavy atom. The Morgan fingerprint density at radius 2 is 0.804 bits per heavy atom. The summed E-state index contributed by atoms with van der Waals surface area (Å²) in [6.07, 6.45) is 0. The van der Waals surface area contributed by atoms with Gasteiger partial charge in [0.2, 0.25) is 0 Å². The lowest BCUT2D eigenvalue weighted by molar-refractivity contribution is 1.18. The first-order valence-corrected chi connectivity index (χ1v) is 19.2. The molecule has 0 fully saturated rings. The Bertz CT molecular complexity index is 2860. The van der Waals surface area contributed by atoms with Crippen molar-refractivity contribution in [1.82, 2.24) is 4.57 Å².